The average Bonchev–Trinajstić information content (AvgIpc) is 3.30. The van der Waals surface area contributed by atoms with Gasteiger partial charge < -0.3 is 19.8 Å². The van der Waals surface area contributed by atoms with Gasteiger partial charge in [0.15, 0.2) is 0 Å². The van der Waals surface area contributed by atoms with Crippen LogP contribution >= 0.6 is 0 Å². The fourth-order valence-corrected chi connectivity index (χ4v) is 2.61. The standard InChI is InChI=1S/C24H22N2O4/c1-29-20-12-9-19(10-13-20)16-22(24(28)25-17-21-8-5-15-30-21)26-23(27)14-11-18-6-3-2-4-7-18/h2-16H,17H2,1H3,(H,25,28)(H,26,27). The molecule has 30 heavy (non-hydrogen) atoms. The first kappa shape index (κ1) is 20.7. The number of nitrogens with one attached hydrogen (secondary N) is 2. The number of ether oxygens (including phenoxy) is 1. The third-order valence-electron chi connectivity index (χ3n) is 4.16. The minimum Gasteiger partial charge on any atom is -0.497 e. The predicted molar refractivity (Wildman–Crippen MR) is 115 cm³/mol. The molecule has 2 aromatic carbocycles. The van der Waals surface area contributed by atoms with Crippen molar-refractivity contribution in [2.75, 3.05) is 7.11 Å². The van der Waals surface area contributed by atoms with Crippen LogP contribution in [-0.2, 0) is 16.1 Å². The van der Waals surface area contributed by atoms with Gasteiger partial charge in [0.05, 0.1) is 19.9 Å². The Morgan fingerprint density at radius 1 is 0.967 bits per heavy atom. The molecule has 152 valence electrons. The summed E-state index contributed by atoms with van der Waals surface area (Å²) in [5, 5.41) is 5.40. The summed E-state index contributed by atoms with van der Waals surface area (Å²) in [6.07, 6.45) is 6.20. The maximum absolute atomic E-state index is 12.7. The Bertz CT molecular complexity index is 1020. The zero-order chi connectivity index (χ0) is 21.2. The lowest BCUT2D eigenvalue weighted by atomic mass is 10.1. The van der Waals surface area contributed by atoms with Gasteiger partial charge in [-0.1, -0.05) is 42.5 Å². The highest BCUT2D eigenvalue weighted by Gasteiger charge is 2.12. The number of methoxy groups -OCH3 is 1. The molecule has 2 N–H and O–H groups in total. The fraction of sp³-hybridized carbons (Fsp3) is 0.0833. The SMILES string of the molecule is COc1ccc(C=C(NC(=O)C=Cc2ccccc2)C(=O)NCc2ccco2)cc1. The second-order valence-corrected chi connectivity index (χ2v) is 6.33. The van der Waals surface area contributed by atoms with Crippen molar-refractivity contribution in [2.45, 2.75) is 6.54 Å². The second kappa shape index (κ2) is 10.5. The van der Waals surface area contributed by atoms with Crippen LogP contribution in [0, 0.1) is 0 Å². The van der Waals surface area contributed by atoms with E-state index in [0.717, 1.165) is 11.1 Å². The van der Waals surface area contributed by atoms with Gasteiger partial charge in [-0.3, -0.25) is 9.59 Å². The summed E-state index contributed by atoms with van der Waals surface area (Å²) in [5.41, 5.74) is 1.75. The molecule has 3 rings (SSSR count). The van der Waals surface area contributed by atoms with Gasteiger partial charge in [0.25, 0.3) is 5.91 Å². The lowest BCUT2D eigenvalue weighted by molar-refractivity contribution is -0.121. The molecule has 0 bridgehead atoms. The predicted octanol–water partition coefficient (Wildman–Crippen LogP) is 3.78. The van der Waals surface area contributed by atoms with E-state index in [1.54, 1.807) is 55.7 Å². The molecule has 0 aliphatic carbocycles. The Hall–Kier alpha value is -4.06. The van der Waals surface area contributed by atoms with Crippen LogP contribution in [0.2, 0.25) is 0 Å². The van der Waals surface area contributed by atoms with Gasteiger partial charge >= 0.3 is 0 Å². The van der Waals surface area contributed by atoms with Crippen LogP contribution in [0.15, 0.2) is 89.2 Å². The third-order valence-corrected chi connectivity index (χ3v) is 4.16. The molecule has 0 aliphatic heterocycles. The Morgan fingerprint density at radius 3 is 2.40 bits per heavy atom. The zero-order valence-corrected chi connectivity index (χ0v) is 16.5. The second-order valence-electron chi connectivity index (χ2n) is 6.33. The van der Waals surface area contributed by atoms with E-state index in [0.29, 0.717) is 11.5 Å². The van der Waals surface area contributed by atoms with Crippen LogP contribution in [0.1, 0.15) is 16.9 Å². The van der Waals surface area contributed by atoms with Gasteiger partial charge in [0, 0.05) is 6.08 Å². The van der Waals surface area contributed by atoms with Gasteiger partial charge in [-0.05, 0) is 47.5 Å². The molecule has 0 atom stereocenters. The maximum Gasteiger partial charge on any atom is 0.268 e. The number of carbonyl (C=O) groups excluding carboxylic acids is 2. The molecule has 3 aromatic rings. The number of furan rings is 1. The molecule has 0 fully saturated rings. The largest absolute Gasteiger partial charge is 0.497 e. The summed E-state index contributed by atoms with van der Waals surface area (Å²) in [4.78, 5) is 25.1. The lowest BCUT2D eigenvalue weighted by Crippen LogP contribution is -2.33. The average molecular weight is 402 g/mol. The molecule has 1 heterocycles. The van der Waals surface area contributed by atoms with E-state index in [-0.39, 0.29) is 12.2 Å². The lowest BCUT2D eigenvalue weighted by Gasteiger charge is -2.09. The van der Waals surface area contributed by atoms with Gasteiger partial charge in [-0.2, -0.15) is 0 Å². The van der Waals surface area contributed by atoms with E-state index in [1.165, 1.54) is 12.3 Å². The van der Waals surface area contributed by atoms with Crippen LogP contribution in [0.4, 0.5) is 0 Å². The quantitative estimate of drug-likeness (QED) is 0.562. The highest BCUT2D eigenvalue weighted by atomic mass is 16.5. The minimum absolute atomic E-state index is 0.120. The Labute approximate surface area is 174 Å². The molecule has 0 radical (unpaired) electrons. The van der Waals surface area contributed by atoms with Crippen molar-refractivity contribution in [3.05, 3.63) is 102 Å². The summed E-state index contributed by atoms with van der Waals surface area (Å²) in [6.45, 7) is 0.210. The molecule has 6 nitrogen and oxygen atoms in total. The monoisotopic (exact) mass is 402 g/mol. The van der Waals surface area contributed by atoms with E-state index in [9.17, 15) is 9.59 Å². The maximum atomic E-state index is 12.7. The first-order valence-corrected chi connectivity index (χ1v) is 9.34. The van der Waals surface area contributed by atoms with Gasteiger partial charge in [-0.25, -0.2) is 0 Å². The molecule has 6 heteroatoms. The molecule has 0 saturated heterocycles. The Morgan fingerprint density at radius 2 is 1.73 bits per heavy atom. The first-order chi connectivity index (χ1) is 14.6. The molecule has 0 saturated carbocycles. The van der Waals surface area contributed by atoms with E-state index in [2.05, 4.69) is 10.6 Å². The van der Waals surface area contributed by atoms with Crippen LogP contribution in [0.3, 0.4) is 0 Å². The van der Waals surface area contributed by atoms with Crippen molar-refractivity contribution in [2.24, 2.45) is 0 Å². The van der Waals surface area contributed by atoms with Crippen molar-refractivity contribution < 1.29 is 18.7 Å². The minimum atomic E-state index is -0.427. The number of amides is 2. The van der Waals surface area contributed by atoms with Crippen molar-refractivity contribution in [1.82, 2.24) is 10.6 Å². The molecular formula is C24H22N2O4. The van der Waals surface area contributed by atoms with Crippen LogP contribution < -0.4 is 15.4 Å². The van der Waals surface area contributed by atoms with Crippen molar-refractivity contribution >= 4 is 24.0 Å². The number of hydrogen-bond acceptors (Lipinski definition) is 4. The normalized spacial score (nSPS) is 11.3. The number of carbonyl (C=O) groups is 2. The molecule has 2 amide bonds. The Kier molecular flexibility index (Phi) is 7.22. The summed E-state index contributed by atoms with van der Waals surface area (Å²) >= 11 is 0. The fourth-order valence-electron chi connectivity index (χ4n) is 2.61. The van der Waals surface area contributed by atoms with Crippen molar-refractivity contribution in [3.63, 3.8) is 0 Å². The Balaban J connectivity index is 1.74. The topological polar surface area (TPSA) is 80.6 Å². The van der Waals surface area contributed by atoms with E-state index >= 15 is 0 Å². The highest BCUT2D eigenvalue weighted by Crippen LogP contribution is 2.14. The summed E-state index contributed by atoms with van der Waals surface area (Å²) in [7, 11) is 1.58. The smallest absolute Gasteiger partial charge is 0.268 e. The number of hydrogen-bond donors (Lipinski definition) is 2. The van der Waals surface area contributed by atoms with Crippen molar-refractivity contribution in [3.8, 4) is 5.75 Å². The van der Waals surface area contributed by atoms with Gasteiger partial charge in [0.1, 0.15) is 17.2 Å². The van der Waals surface area contributed by atoms with Crippen LogP contribution in [0.5, 0.6) is 5.75 Å². The van der Waals surface area contributed by atoms with Crippen molar-refractivity contribution in [1.29, 1.82) is 0 Å². The molecule has 0 aliphatic rings. The highest BCUT2D eigenvalue weighted by molar-refractivity contribution is 6.04. The summed E-state index contributed by atoms with van der Waals surface area (Å²) < 4.78 is 10.4. The number of benzene rings is 2. The van der Waals surface area contributed by atoms with E-state index < -0.39 is 11.8 Å². The zero-order valence-electron chi connectivity index (χ0n) is 16.5. The third kappa shape index (κ3) is 6.24. The van der Waals surface area contributed by atoms with Crippen LogP contribution in [0.25, 0.3) is 12.2 Å². The van der Waals surface area contributed by atoms with E-state index in [1.807, 2.05) is 30.3 Å². The first-order valence-electron chi connectivity index (χ1n) is 9.34. The molecule has 1 aromatic heterocycles. The number of rotatable bonds is 8. The van der Waals surface area contributed by atoms with Crippen LogP contribution in [-0.4, -0.2) is 18.9 Å². The molecule has 0 unspecified atom stereocenters. The van der Waals surface area contributed by atoms with E-state index in [4.69, 9.17) is 9.15 Å². The molecule has 0 spiro atoms. The van der Waals surface area contributed by atoms with Gasteiger partial charge in [-0.15, -0.1) is 0 Å². The summed E-state index contributed by atoms with van der Waals surface area (Å²) in [5.74, 6) is 0.476. The molecular weight excluding hydrogens is 380 g/mol. The van der Waals surface area contributed by atoms with Gasteiger partial charge in [0.2, 0.25) is 5.91 Å². The summed E-state index contributed by atoms with van der Waals surface area (Å²) in [6, 6.07) is 20.1.